The molecule has 1 aliphatic heterocycles. The van der Waals surface area contributed by atoms with Crippen molar-refractivity contribution in [3.8, 4) is 16.9 Å². The van der Waals surface area contributed by atoms with Gasteiger partial charge in [0.15, 0.2) is 9.84 Å². The average Bonchev–Trinajstić information content (AvgIpc) is 3.34. The molecule has 0 saturated carbocycles. The molecule has 164 valence electrons. The van der Waals surface area contributed by atoms with Gasteiger partial charge in [-0.1, -0.05) is 6.07 Å². The van der Waals surface area contributed by atoms with E-state index in [1.165, 1.54) is 6.26 Å². The Morgan fingerprint density at radius 2 is 1.81 bits per heavy atom. The van der Waals surface area contributed by atoms with Crippen LogP contribution in [0.25, 0.3) is 22.0 Å². The number of hydrogen-bond acceptors (Lipinski definition) is 7. The fourth-order valence-corrected chi connectivity index (χ4v) is 4.66. The molecular formula is C23H23N5O3S. The summed E-state index contributed by atoms with van der Waals surface area (Å²) in [5.74, 6) is 1.62. The van der Waals surface area contributed by atoms with Crippen LogP contribution in [0.15, 0.2) is 66.1 Å². The minimum absolute atomic E-state index is 0.0740. The third-order valence-electron chi connectivity index (χ3n) is 5.74. The zero-order valence-electron chi connectivity index (χ0n) is 17.6. The van der Waals surface area contributed by atoms with Crippen molar-refractivity contribution in [2.45, 2.75) is 23.8 Å². The Bertz CT molecular complexity index is 1330. The van der Waals surface area contributed by atoms with Crippen molar-refractivity contribution < 1.29 is 13.2 Å². The molecule has 0 bridgehead atoms. The van der Waals surface area contributed by atoms with Crippen LogP contribution in [0.5, 0.6) is 5.75 Å². The largest absolute Gasteiger partial charge is 0.490 e. The molecule has 0 atom stereocenters. The van der Waals surface area contributed by atoms with Gasteiger partial charge in [-0.3, -0.25) is 5.10 Å². The average molecular weight is 450 g/mol. The highest BCUT2D eigenvalue weighted by atomic mass is 32.2. The molecule has 1 saturated heterocycles. The smallest absolute Gasteiger partial charge is 0.175 e. The van der Waals surface area contributed by atoms with Crippen molar-refractivity contribution in [3.05, 3.63) is 61.2 Å². The lowest BCUT2D eigenvalue weighted by atomic mass is 10.0. The number of fused-ring (bicyclic) bond motifs is 1. The third-order valence-corrected chi connectivity index (χ3v) is 6.87. The molecular weight excluding hydrogens is 426 g/mol. The fraction of sp³-hybridized carbons (Fsp3) is 0.261. The molecule has 5 rings (SSSR count). The Labute approximate surface area is 186 Å². The van der Waals surface area contributed by atoms with Gasteiger partial charge in [-0.15, -0.1) is 0 Å². The molecule has 1 N–H and O–H groups in total. The minimum Gasteiger partial charge on any atom is -0.490 e. The highest BCUT2D eigenvalue weighted by molar-refractivity contribution is 7.90. The van der Waals surface area contributed by atoms with Crippen LogP contribution >= 0.6 is 0 Å². The number of hydrogen-bond donors (Lipinski definition) is 1. The molecule has 9 heteroatoms. The first-order chi connectivity index (χ1) is 15.5. The molecule has 0 unspecified atom stereocenters. The Hall–Kier alpha value is -3.46. The van der Waals surface area contributed by atoms with Crippen molar-refractivity contribution in [1.29, 1.82) is 0 Å². The van der Waals surface area contributed by atoms with Crippen LogP contribution in [0.3, 0.4) is 0 Å². The molecule has 2 aromatic heterocycles. The fourth-order valence-electron chi connectivity index (χ4n) is 4.03. The third kappa shape index (κ3) is 4.16. The van der Waals surface area contributed by atoms with Crippen LogP contribution in [-0.2, 0) is 9.84 Å². The zero-order chi connectivity index (χ0) is 22.1. The number of rotatable bonds is 5. The summed E-state index contributed by atoms with van der Waals surface area (Å²) < 4.78 is 29.3. The summed E-state index contributed by atoms with van der Waals surface area (Å²) in [4.78, 5) is 11.6. The van der Waals surface area contributed by atoms with E-state index in [9.17, 15) is 8.42 Å². The van der Waals surface area contributed by atoms with E-state index in [4.69, 9.17) is 4.74 Å². The molecule has 0 aliphatic carbocycles. The number of piperidine rings is 1. The Morgan fingerprint density at radius 3 is 2.50 bits per heavy atom. The van der Waals surface area contributed by atoms with Crippen LogP contribution in [0, 0.1) is 0 Å². The second-order valence-electron chi connectivity index (χ2n) is 7.96. The van der Waals surface area contributed by atoms with Gasteiger partial charge >= 0.3 is 0 Å². The Morgan fingerprint density at radius 1 is 1.03 bits per heavy atom. The van der Waals surface area contributed by atoms with E-state index in [-0.39, 0.29) is 6.10 Å². The number of ether oxygens (including phenoxy) is 1. The van der Waals surface area contributed by atoms with Gasteiger partial charge in [-0.05, 0) is 42.0 Å². The quantitative estimate of drug-likeness (QED) is 0.498. The van der Waals surface area contributed by atoms with Crippen molar-refractivity contribution in [3.63, 3.8) is 0 Å². The first-order valence-electron chi connectivity index (χ1n) is 10.4. The van der Waals surface area contributed by atoms with Crippen LogP contribution in [0.2, 0.25) is 0 Å². The van der Waals surface area contributed by atoms with Crippen molar-refractivity contribution >= 4 is 26.6 Å². The highest BCUT2D eigenvalue weighted by Crippen LogP contribution is 2.30. The molecule has 0 radical (unpaired) electrons. The molecule has 0 spiro atoms. The molecule has 3 heterocycles. The van der Waals surface area contributed by atoms with Crippen LogP contribution < -0.4 is 9.64 Å². The van der Waals surface area contributed by atoms with Gasteiger partial charge in [0.2, 0.25) is 0 Å². The first kappa shape index (κ1) is 20.4. The maximum atomic E-state index is 11.6. The number of anilines is 1. The standard InChI is InChI=1S/C23H23N5O3S/c1-32(29,30)20-5-3-18(4-6-20)31-19-8-10-28(11-9-19)23-21-12-16(17-13-26-27-14-17)2-7-22(21)24-15-25-23/h2-7,12-15,19H,8-11H2,1H3,(H,26,27). The normalized spacial score (nSPS) is 15.2. The number of nitrogens with one attached hydrogen (secondary N) is 1. The van der Waals surface area contributed by atoms with Crippen molar-refractivity contribution in [1.82, 2.24) is 20.2 Å². The number of sulfone groups is 1. The Kier molecular flexibility index (Phi) is 5.26. The highest BCUT2D eigenvalue weighted by Gasteiger charge is 2.23. The van der Waals surface area contributed by atoms with E-state index in [1.54, 1.807) is 36.8 Å². The summed E-state index contributed by atoms with van der Waals surface area (Å²) in [5.41, 5.74) is 3.00. The van der Waals surface area contributed by atoms with Crippen LogP contribution in [0.4, 0.5) is 5.82 Å². The number of H-pyrrole nitrogens is 1. The summed E-state index contributed by atoms with van der Waals surface area (Å²) in [7, 11) is -3.21. The maximum Gasteiger partial charge on any atom is 0.175 e. The van der Waals surface area contributed by atoms with Crippen LogP contribution in [0.1, 0.15) is 12.8 Å². The summed E-state index contributed by atoms with van der Waals surface area (Å²) in [6.45, 7) is 1.63. The Balaban J connectivity index is 1.30. The van der Waals surface area contributed by atoms with Crippen molar-refractivity contribution in [2.24, 2.45) is 0 Å². The van der Waals surface area contributed by atoms with Crippen molar-refractivity contribution in [2.75, 3.05) is 24.2 Å². The predicted octanol–water partition coefficient (Wildman–Crippen LogP) is 3.47. The molecule has 2 aromatic carbocycles. The molecule has 4 aromatic rings. The predicted molar refractivity (Wildman–Crippen MR) is 123 cm³/mol. The lowest BCUT2D eigenvalue weighted by Gasteiger charge is -2.33. The van der Waals surface area contributed by atoms with E-state index in [0.29, 0.717) is 10.6 Å². The van der Waals surface area contributed by atoms with Gasteiger partial charge < -0.3 is 9.64 Å². The molecule has 32 heavy (non-hydrogen) atoms. The van der Waals surface area contributed by atoms with Gasteiger partial charge in [0.1, 0.15) is 24.0 Å². The van der Waals surface area contributed by atoms with Gasteiger partial charge in [-0.25, -0.2) is 18.4 Å². The topological polar surface area (TPSA) is 101 Å². The minimum atomic E-state index is -3.21. The summed E-state index contributed by atoms with van der Waals surface area (Å²) in [6, 6.07) is 12.8. The van der Waals surface area contributed by atoms with E-state index < -0.39 is 9.84 Å². The van der Waals surface area contributed by atoms with E-state index in [0.717, 1.165) is 53.8 Å². The van der Waals surface area contributed by atoms with Crippen LogP contribution in [-0.4, -0.2) is 54.0 Å². The lowest BCUT2D eigenvalue weighted by Crippen LogP contribution is -2.38. The summed E-state index contributed by atoms with van der Waals surface area (Å²) >= 11 is 0. The number of aromatic nitrogens is 4. The molecule has 1 fully saturated rings. The first-order valence-corrected chi connectivity index (χ1v) is 12.3. The number of nitrogens with zero attached hydrogens (tertiary/aromatic N) is 4. The summed E-state index contributed by atoms with van der Waals surface area (Å²) in [6.07, 6.45) is 8.26. The SMILES string of the molecule is CS(=O)(=O)c1ccc(OC2CCN(c3ncnc4ccc(-c5cn[nH]c5)cc34)CC2)cc1. The van der Waals surface area contributed by atoms with Gasteiger partial charge in [0.25, 0.3) is 0 Å². The monoisotopic (exact) mass is 449 g/mol. The zero-order valence-corrected chi connectivity index (χ0v) is 18.4. The number of aromatic amines is 1. The molecule has 1 aliphatic rings. The maximum absolute atomic E-state index is 11.6. The van der Waals surface area contributed by atoms with Gasteiger partial charge in [0.05, 0.1) is 16.6 Å². The van der Waals surface area contributed by atoms with Gasteiger partial charge in [-0.2, -0.15) is 5.10 Å². The second-order valence-corrected chi connectivity index (χ2v) is 9.98. The molecule has 8 nitrogen and oxygen atoms in total. The summed E-state index contributed by atoms with van der Waals surface area (Å²) in [5, 5.41) is 7.91. The van der Waals surface area contributed by atoms with Gasteiger partial charge in [0, 0.05) is 49.3 Å². The van der Waals surface area contributed by atoms with E-state index in [1.807, 2.05) is 18.3 Å². The lowest BCUT2D eigenvalue weighted by molar-refractivity contribution is 0.170. The molecule has 0 amide bonds. The van der Waals surface area contributed by atoms with E-state index in [2.05, 4.69) is 31.1 Å². The van der Waals surface area contributed by atoms with E-state index >= 15 is 0 Å². The second kappa shape index (κ2) is 8.23. The number of benzene rings is 2.